The van der Waals surface area contributed by atoms with Gasteiger partial charge in [-0.25, -0.2) is 0 Å². The van der Waals surface area contributed by atoms with Gasteiger partial charge in [-0.2, -0.15) is 5.26 Å². The smallest absolute Gasteiger partial charge is 0.266 e. The molecule has 0 aliphatic heterocycles. The Hall–Kier alpha value is -3.55. The number of nitrogens with zero attached hydrogens (tertiary/aromatic N) is 2. The van der Waals surface area contributed by atoms with Crippen LogP contribution in [-0.4, -0.2) is 10.5 Å². The number of aryl methyl sites for hydroxylation is 2. The van der Waals surface area contributed by atoms with Crippen LogP contribution in [0.25, 0.3) is 27.9 Å². The van der Waals surface area contributed by atoms with E-state index in [4.69, 9.17) is 11.6 Å². The van der Waals surface area contributed by atoms with Crippen molar-refractivity contribution in [3.8, 4) is 6.07 Å². The first kappa shape index (κ1) is 19.8. The van der Waals surface area contributed by atoms with Crippen molar-refractivity contribution in [3.63, 3.8) is 0 Å². The van der Waals surface area contributed by atoms with E-state index in [1.807, 2.05) is 49.4 Å². The zero-order chi connectivity index (χ0) is 21.3. The summed E-state index contributed by atoms with van der Waals surface area (Å²) in [4.78, 5) is 12.7. The minimum atomic E-state index is -0.459. The van der Waals surface area contributed by atoms with Gasteiger partial charge in [-0.3, -0.25) is 4.79 Å². The third-order valence-electron chi connectivity index (χ3n) is 5.24. The van der Waals surface area contributed by atoms with Crippen molar-refractivity contribution in [2.24, 2.45) is 0 Å². The molecule has 5 heteroatoms. The van der Waals surface area contributed by atoms with Crippen LogP contribution in [0.5, 0.6) is 0 Å². The van der Waals surface area contributed by atoms with E-state index < -0.39 is 5.91 Å². The second kappa shape index (κ2) is 8.06. The third kappa shape index (κ3) is 3.56. The van der Waals surface area contributed by atoms with Crippen molar-refractivity contribution in [3.05, 3.63) is 82.4 Å². The van der Waals surface area contributed by atoms with Crippen molar-refractivity contribution in [2.45, 2.75) is 20.4 Å². The van der Waals surface area contributed by atoms with Crippen molar-refractivity contribution in [1.29, 1.82) is 5.26 Å². The van der Waals surface area contributed by atoms with Gasteiger partial charge in [-0.05, 0) is 61.4 Å². The molecule has 0 spiro atoms. The molecular formula is C25H20ClN3O. The molecule has 1 aromatic heterocycles. The number of carbonyl (C=O) groups is 1. The fraction of sp³-hybridized carbons (Fsp3) is 0.120. The number of hydrogen-bond acceptors (Lipinski definition) is 2. The first-order chi connectivity index (χ1) is 14.5. The predicted octanol–water partition coefficient (Wildman–Crippen LogP) is 6.32. The average Bonchev–Trinajstić information content (AvgIpc) is 3.07. The number of benzene rings is 3. The molecule has 0 unspecified atom stereocenters. The highest BCUT2D eigenvalue weighted by Gasteiger charge is 2.13. The number of halogens is 1. The molecule has 148 valence electrons. The van der Waals surface area contributed by atoms with Gasteiger partial charge in [0.15, 0.2) is 0 Å². The highest BCUT2D eigenvalue weighted by atomic mass is 35.5. The molecule has 0 atom stereocenters. The molecule has 4 aromatic rings. The molecule has 4 nitrogen and oxygen atoms in total. The molecule has 0 saturated carbocycles. The molecule has 0 aliphatic carbocycles. The van der Waals surface area contributed by atoms with E-state index in [0.29, 0.717) is 10.7 Å². The Balaban J connectivity index is 1.73. The van der Waals surface area contributed by atoms with E-state index in [1.165, 1.54) is 5.52 Å². The summed E-state index contributed by atoms with van der Waals surface area (Å²) in [5, 5.41) is 15.1. The van der Waals surface area contributed by atoms with Gasteiger partial charge >= 0.3 is 0 Å². The van der Waals surface area contributed by atoms with Gasteiger partial charge in [0.25, 0.3) is 5.91 Å². The Morgan fingerprint density at radius 3 is 2.63 bits per heavy atom. The maximum atomic E-state index is 12.7. The van der Waals surface area contributed by atoms with Crippen LogP contribution < -0.4 is 5.32 Å². The van der Waals surface area contributed by atoms with Crippen molar-refractivity contribution >= 4 is 51.1 Å². The molecule has 1 amide bonds. The molecule has 0 bridgehead atoms. The summed E-state index contributed by atoms with van der Waals surface area (Å²) in [6.07, 6.45) is 1.62. The van der Waals surface area contributed by atoms with Gasteiger partial charge in [0, 0.05) is 39.1 Å². The number of nitrogens with one attached hydrogen (secondary N) is 1. The topological polar surface area (TPSA) is 57.8 Å². The quantitative estimate of drug-likeness (QED) is 0.314. The number of carbonyl (C=O) groups excluding carboxylic acids is 1. The second-order valence-corrected chi connectivity index (χ2v) is 7.56. The molecule has 0 fully saturated rings. The van der Waals surface area contributed by atoms with E-state index in [1.54, 1.807) is 18.2 Å². The van der Waals surface area contributed by atoms with Crippen molar-refractivity contribution in [1.82, 2.24) is 4.57 Å². The largest absolute Gasteiger partial charge is 0.341 e. The number of fused-ring (bicyclic) bond motifs is 3. The van der Waals surface area contributed by atoms with E-state index in [2.05, 4.69) is 28.9 Å². The first-order valence-electron chi connectivity index (χ1n) is 9.72. The molecule has 1 N–H and O–H groups in total. The highest BCUT2D eigenvalue weighted by Crippen LogP contribution is 2.30. The predicted molar refractivity (Wildman–Crippen MR) is 124 cm³/mol. The molecule has 30 heavy (non-hydrogen) atoms. The number of hydrogen-bond donors (Lipinski definition) is 1. The van der Waals surface area contributed by atoms with Crippen LogP contribution in [-0.2, 0) is 11.3 Å². The van der Waals surface area contributed by atoms with Gasteiger partial charge in [0.1, 0.15) is 11.6 Å². The summed E-state index contributed by atoms with van der Waals surface area (Å²) in [6, 6.07) is 21.5. The van der Waals surface area contributed by atoms with Gasteiger partial charge in [0.2, 0.25) is 0 Å². The molecule has 4 rings (SSSR count). The Kier molecular flexibility index (Phi) is 5.31. The first-order valence-corrected chi connectivity index (χ1v) is 10.1. The summed E-state index contributed by atoms with van der Waals surface area (Å²) >= 11 is 6.03. The van der Waals surface area contributed by atoms with Crippen LogP contribution in [0.15, 0.2) is 66.2 Å². The number of para-hydroxylation sites is 1. The standard InChI is InChI=1S/C25H20ClN3O/c1-3-29-23-7-5-4-6-20(23)21-13-17(9-11-24(21)29)12-18(15-27)25(30)28-22-14-19(26)10-8-16(22)2/h4-14H,3H2,1-2H3,(H,28,30)/b18-12+. The summed E-state index contributed by atoms with van der Waals surface area (Å²) in [5.41, 5.74) is 4.61. The van der Waals surface area contributed by atoms with Crippen LogP contribution >= 0.6 is 11.6 Å². The summed E-state index contributed by atoms with van der Waals surface area (Å²) < 4.78 is 2.26. The van der Waals surface area contributed by atoms with Crippen LogP contribution in [0.1, 0.15) is 18.1 Å². The van der Waals surface area contributed by atoms with Gasteiger partial charge in [-0.15, -0.1) is 0 Å². The van der Waals surface area contributed by atoms with Crippen molar-refractivity contribution < 1.29 is 4.79 Å². The number of rotatable bonds is 4. The van der Waals surface area contributed by atoms with E-state index in [9.17, 15) is 10.1 Å². The Morgan fingerprint density at radius 2 is 1.87 bits per heavy atom. The number of anilines is 1. The van der Waals surface area contributed by atoms with Gasteiger partial charge in [0.05, 0.1) is 0 Å². The zero-order valence-corrected chi connectivity index (χ0v) is 17.5. The summed E-state index contributed by atoms with van der Waals surface area (Å²) in [7, 11) is 0. The minimum Gasteiger partial charge on any atom is -0.341 e. The monoisotopic (exact) mass is 413 g/mol. The van der Waals surface area contributed by atoms with Crippen LogP contribution in [0.3, 0.4) is 0 Å². The Labute approximate surface area is 180 Å². The SMILES string of the molecule is CCn1c2ccccc2c2cc(/C=C(\C#N)C(=O)Nc3cc(Cl)ccc3C)ccc21. The lowest BCUT2D eigenvalue weighted by Gasteiger charge is -2.08. The van der Waals surface area contributed by atoms with Crippen LogP contribution in [0.4, 0.5) is 5.69 Å². The molecule has 3 aromatic carbocycles. The summed E-state index contributed by atoms with van der Waals surface area (Å²) in [5.74, 6) is -0.459. The summed E-state index contributed by atoms with van der Waals surface area (Å²) in [6.45, 7) is 4.86. The number of amides is 1. The normalized spacial score (nSPS) is 11.6. The lowest BCUT2D eigenvalue weighted by Crippen LogP contribution is -2.14. The fourth-order valence-electron chi connectivity index (χ4n) is 3.74. The van der Waals surface area contributed by atoms with E-state index in [-0.39, 0.29) is 5.57 Å². The molecule has 0 aliphatic rings. The Bertz CT molecular complexity index is 1360. The third-order valence-corrected chi connectivity index (χ3v) is 5.47. The lowest BCUT2D eigenvalue weighted by molar-refractivity contribution is -0.112. The van der Waals surface area contributed by atoms with Crippen LogP contribution in [0, 0.1) is 18.3 Å². The van der Waals surface area contributed by atoms with E-state index >= 15 is 0 Å². The lowest BCUT2D eigenvalue weighted by atomic mass is 10.1. The van der Waals surface area contributed by atoms with E-state index in [0.717, 1.165) is 34.0 Å². The maximum Gasteiger partial charge on any atom is 0.266 e. The Morgan fingerprint density at radius 1 is 1.10 bits per heavy atom. The zero-order valence-electron chi connectivity index (χ0n) is 16.7. The number of aromatic nitrogens is 1. The second-order valence-electron chi connectivity index (χ2n) is 7.12. The maximum absolute atomic E-state index is 12.7. The minimum absolute atomic E-state index is 0.0351. The molecular weight excluding hydrogens is 394 g/mol. The van der Waals surface area contributed by atoms with Gasteiger partial charge in [-0.1, -0.05) is 41.9 Å². The average molecular weight is 414 g/mol. The molecule has 0 radical (unpaired) electrons. The molecule has 0 saturated heterocycles. The fourth-order valence-corrected chi connectivity index (χ4v) is 3.91. The molecule has 1 heterocycles. The van der Waals surface area contributed by atoms with Crippen molar-refractivity contribution in [2.75, 3.05) is 5.32 Å². The van der Waals surface area contributed by atoms with Crippen LogP contribution in [0.2, 0.25) is 5.02 Å². The number of nitriles is 1. The van der Waals surface area contributed by atoms with Gasteiger partial charge < -0.3 is 9.88 Å². The highest BCUT2D eigenvalue weighted by molar-refractivity contribution is 6.31.